The van der Waals surface area contributed by atoms with Crippen molar-refractivity contribution < 1.29 is 0 Å². The van der Waals surface area contributed by atoms with Crippen LogP contribution < -0.4 is 0 Å². The minimum Gasteiger partial charge on any atom is -0.255 e. The molecule has 0 aromatic carbocycles. The third-order valence-corrected chi connectivity index (χ3v) is 9.85. The van der Waals surface area contributed by atoms with E-state index in [2.05, 4.69) is 96.7 Å². The van der Waals surface area contributed by atoms with E-state index in [0.717, 1.165) is 22.5 Å². The van der Waals surface area contributed by atoms with E-state index in [1.165, 1.54) is 109 Å². The topological polar surface area (TPSA) is 25.8 Å². The van der Waals surface area contributed by atoms with Crippen LogP contribution in [0.25, 0.3) is 35.7 Å². The smallest absolute Gasteiger partial charge is 0.0892 e. The van der Waals surface area contributed by atoms with Crippen LogP contribution in [0.2, 0.25) is 0 Å². The summed E-state index contributed by atoms with van der Waals surface area (Å²) in [6.45, 7) is 4.55. The number of hydrogen-bond donors (Lipinski definition) is 0. The minimum absolute atomic E-state index is 0.902. The van der Waals surface area contributed by atoms with E-state index in [1.54, 1.807) is 0 Å². The van der Waals surface area contributed by atoms with E-state index < -0.39 is 0 Å². The standard InChI is InChI=1S/C38H48N2S2/c1-3-5-7-9-11-13-15-33-21-23-35(41-33)19-17-31-25-27-39-37(29-31)38-30-32(26-28-40-38)18-20-36-24-22-34(42-36)16-14-12-10-8-6-4-2/h17-30H,3-16H2,1-2H3. The third-order valence-electron chi connectivity index (χ3n) is 7.63. The summed E-state index contributed by atoms with van der Waals surface area (Å²) in [6, 6.07) is 17.5. The van der Waals surface area contributed by atoms with Crippen molar-refractivity contribution in [2.45, 2.75) is 104 Å². The quantitative estimate of drug-likeness (QED) is 0.101. The van der Waals surface area contributed by atoms with Gasteiger partial charge in [0.2, 0.25) is 0 Å². The number of thiophene rings is 2. The van der Waals surface area contributed by atoms with Crippen LogP contribution in [0, 0.1) is 0 Å². The average molecular weight is 597 g/mol. The lowest BCUT2D eigenvalue weighted by molar-refractivity contribution is 0.609. The van der Waals surface area contributed by atoms with E-state index in [9.17, 15) is 0 Å². The first-order valence-corrected chi connectivity index (χ1v) is 17.8. The van der Waals surface area contributed by atoms with Crippen molar-refractivity contribution in [1.82, 2.24) is 9.97 Å². The first kappa shape index (κ1) is 32.1. The highest BCUT2D eigenvalue weighted by Crippen LogP contribution is 2.25. The van der Waals surface area contributed by atoms with Crippen LogP contribution in [0.15, 0.2) is 60.9 Å². The number of rotatable bonds is 19. The largest absolute Gasteiger partial charge is 0.255 e. The number of aryl methyl sites for hydroxylation is 2. The minimum atomic E-state index is 0.902. The molecule has 0 atom stereocenters. The van der Waals surface area contributed by atoms with Gasteiger partial charge >= 0.3 is 0 Å². The van der Waals surface area contributed by atoms with Crippen LogP contribution >= 0.6 is 22.7 Å². The maximum absolute atomic E-state index is 4.63. The van der Waals surface area contributed by atoms with Crippen molar-refractivity contribution in [3.8, 4) is 11.4 Å². The van der Waals surface area contributed by atoms with Crippen molar-refractivity contribution >= 4 is 47.0 Å². The maximum atomic E-state index is 4.63. The van der Waals surface area contributed by atoms with Crippen molar-refractivity contribution in [2.24, 2.45) is 0 Å². The molecule has 4 aromatic heterocycles. The van der Waals surface area contributed by atoms with E-state index in [0.29, 0.717) is 0 Å². The molecule has 0 saturated heterocycles. The fourth-order valence-corrected chi connectivity index (χ4v) is 7.05. The predicted molar refractivity (Wildman–Crippen MR) is 188 cm³/mol. The zero-order valence-electron chi connectivity index (χ0n) is 25.7. The number of hydrogen-bond acceptors (Lipinski definition) is 4. The molecule has 0 saturated carbocycles. The molecule has 0 fully saturated rings. The van der Waals surface area contributed by atoms with Gasteiger partial charge in [-0.15, -0.1) is 22.7 Å². The molecule has 0 bridgehead atoms. The molecule has 4 heteroatoms. The summed E-state index contributed by atoms with van der Waals surface area (Å²) >= 11 is 3.83. The summed E-state index contributed by atoms with van der Waals surface area (Å²) in [5.74, 6) is 0. The van der Waals surface area contributed by atoms with Crippen LogP contribution in [0.1, 0.15) is 122 Å². The van der Waals surface area contributed by atoms with Gasteiger partial charge < -0.3 is 0 Å². The zero-order chi connectivity index (χ0) is 29.2. The molecule has 0 aliphatic carbocycles. The molecular formula is C38H48N2S2. The number of aromatic nitrogens is 2. The number of pyridine rings is 2. The highest BCUT2D eigenvalue weighted by molar-refractivity contribution is 7.13. The Kier molecular flexibility index (Phi) is 14.3. The summed E-state index contributed by atoms with van der Waals surface area (Å²) in [5, 5.41) is 0. The van der Waals surface area contributed by atoms with Gasteiger partial charge in [-0.25, -0.2) is 0 Å². The normalized spacial score (nSPS) is 11.8. The molecule has 42 heavy (non-hydrogen) atoms. The second-order valence-corrected chi connectivity index (χ2v) is 13.7. The first-order chi connectivity index (χ1) is 20.7. The molecule has 222 valence electrons. The summed E-state index contributed by atoms with van der Waals surface area (Å²) in [7, 11) is 0. The molecular weight excluding hydrogens is 549 g/mol. The first-order valence-electron chi connectivity index (χ1n) is 16.2. The molecule has 0 radical (unpaired) electrons. The fourth-order valence-electron chi connectivity index (χ4n) is 5.13. The van der Waals surface area contributed by atoms with Gasteiger partial charge in [0.15, 0.2) is 0 Å². The molecule has 4 rings (SSSR count). The van der Waals surface area contributed by atoms with Crippen molar-refractivity contribution in [1.29, 1.82) is 0 Å². The second-order valence-electron chi connectivity index (χ2n) is 11.3. The van der Waals surface area contributed by atoms with Gasteiger partial charge in [-0.2, -0.15) is 0 Å². The lowest BCUT2D eigenvalue weighted by atomic mass is 10.1. The van der Waals surface area contributed by atoms with Crippen LogP contribution in [0.3, 0.4) is 0 Å². The summed E-state index contributed by atoms with van der Waals surface area (Å²) < 4.78 is 0. The summed E-state index contributed by atoms with van der Waals surface area (Å²) in [6.07, 6.45) is 31.2. The average Bonchev–Trinajstić information content (AvgIpc) is 3.68. The SMILES string of the molecule is CCCCCCCCc1ccc(C=Cc2ccnc(-c3cc(C=Cc4ccc(CCCCCCCC)s4)ccn3)c2)s1. The Bertz CT molecular complexity index is 1270. The lowest BCUT2D eigenvalue weighted by Crippen LogP contribution is -1.88. The van der Waals surface area contributed by atoms with Gasteiger partial charge in [-0.05, 0) is 97.5 Å². The van der Waals surface area contributed by atoms with Crippen molar-refractivity contribution in [2.75, 3.05) is 0 Å². The summed E-state index contributed by atoms with van der Waals surface area (Å²) in [5.41, 5.74) is 4.09. The van der Waals surface area contributed by atoms with Gasteiger partial charge in [-0.1, -0.05) is 90.2 Å². The Morgan fingerprint density at radius 2 is 0.929 bits per heavy atom. The Hall–Kier alpha value is -2.82. The van der Waals surface area contributed by atoms with E-state index in [-0.39, 0.29) is 0 Å². The molecule has 0 N–H and O–H groups in total. The van der Waals surface area contributed by atoms with Crippen LogP contribution in [-0.4, -0.2) is 9.97 Å². The second kappa shape index (κ2) is 18.7. The van der Waals surface area contributed by atoms with Gasteiger partial charge in [0.25, 0.3) is 0 Å². The Morgan fingerprint density at radius 1 is 0.500 bits per heavy atom. The van der Waals surface area contributed by atoms with Gasteiger partial charge in [-0.3, -0.25) is 9.97 Å². The van der Waals surface area contributed by atoms with Crippen LogP contribution in [-0.2, 0) is 12.8 Å². The Labute approximate surface area is 262 Å². The molecule has 4 aromatic rings. The highest BCUT2D eigenvalue weighted by Gasteiger charge is 2.04. The molecule has 0 aliphatic rings. The zero-order valence-corrected chi connectivity index (χ0v) is 27.3. The molecule has 2 nitrogen and oxygen atoms in total. The molecule has 0 spiro atoms. The molecule has 0 aliphatic heterocycles. The van der Waals surface area contributed by atoms with Gasteiger partial charge in [0.05, 0.1) is 11.4 Å². The monoisotopic (exact) mass is 596 g/mol. The van der Waals surface area contributed by atoms with Gasteiger partial charge in [0, 0.05) is 31.9 Å². The third kappa shape index (κ3) is 11.5. The Morgan fingerprint density at radius 3 is 1.38 bits per heavy atom. The van der Waals surface area contributed by atoms with E-state index in [1.807, 2.05) is 35.1 Å². The molecule has 4 heterocycles. The molecule has 0 unspecified atom stereocenters. The highest BCUT2D eigenvalue weighted by atomic mass is 32.1. The maximum Gasteiger partial charge on any atom is 0.0892 e. The fraction of sp³-hybridized carbons (Fsp3) is 0.421. The van der Waals surface area contributed by atoms with Crippen LogP contribution in [0.5, 0.6) is 0 Å². The van der Waals surface area contributed by atoms with E-state index >= 15 is 0 Å². The lowest BCUT2D eigenvalue weighted by Gasteiger charge is -2.03. The Balaban J connectivity index is 1.29. The van der Waals surface area contributed by atoms with E-state index in [4.69, 9.17) is 0 Å². The van der Waals surface area contributed by atoms with Crippen molar-refractivity contribution in [3.05, 3.63) is 91.6 Å². The van der Waals surface area contributed by atoms with Gasteiger partial charge in [0.1, 0.15) is 0 Å². The predicted octanol–water partition coefficient (Wildman–Crippen LogP) is 12.4. The number of unbranched alkanes of at least 4 members (excludes halogenated alkanes) is 10. The van der Waals surface area contributed by atoms with Crippen LogP contribution in [0.4, 0.5) is 0 Å². The number of nitrogens with zero attached hydrogens (tertiary/aromatic N) is 2. The molecule has 0 amide bonds. The van der Waals surface area contributed by atoms with Crippen molar-refractivity contribution in [3.63, 3.8) is 0 Å². The summed E-state index contributed by atoms with van der Waals surface area (Å²) in [4.78, 5) is 14.9.